The van der Waals surface area contributed by atoms with Gasteiger partial charge in [0, 0.05) is 34.9 Å². The lowest BCUT2D eigenvalue weighted by atomic mass is 9.80. The number of benzene rings is 2. The van der Waals surface area contributed by atoms with Gasteiger partial charge in [0.05, 0.1) is 0 Å². The molecule has 2 aromatic carbocycles. The third-order valence-corrected chi connectivity index (χ3v) is 6.95. The molecule has 0 heterocycles. The number of nitrogens with zero attached hydrogens (tertiary/aromatic N) is 1. The lowest BCUT2D eigenvalue weighted by Gasteiger charge is -2.29. The molecule has 0 radical (unpaired) electrons. The molecule has 0 aliphatic heterocycles. The highest BCUT2D eigenvalue weighted by Crippen LogP contribution is 2.37. The lowest BCUT2D eigenvalue weighted by Crippen LogP contribution is -2.28. The van der Waals surface area contributed by atoms with E-state index in [4.69, 9.17) is 0 Å². The van der Waals surface area contributed by atoms with Crippen LogP contribution in [0.2, 0.25) is 0 Å². The number of phenols is 1. The third kappa shape index (κ3) is 4.90. The zero-order chi connectivity index (χ0) is 21.3. The summed E-state index contributed by atoms with van der Waals surface area (Å²) in [6, 6.07) is 11.0. The van der Waals surface area contributed by atoms with Gasteiger partial charge >= 0.3 is 0 Å². The number of hydrogen-bond donors (Lipinski definition) is 1. The van der Waals surface area contributed by atoms with Crippen molar-refractivity contribution < 1.29 is 5.11 Å². The number of rotatable bonds is 5. The molecule has 2 aromatic rings. The first-order chi connectivity index (χ1) is 12.9. The molecule has 2 rings (SSSR count). The molecule has 0 aliphatic carbocycles. The molecule has 0 amide bonds. The fraction of sp³-hybridized carbons (Fsp3) is 0.520. The van der Waals surface area contributed by atoms with Gasteiger partial charge in [-0.25, -0.2) is 0 Å². The number of phenolic OH excluding ortho intramolecular Hbond substituents is 1. The summed E-state index contributed by atoms with van der Waals surface area (Å²) in [4.78, 5) is 2.41. The second-order valence-corrected chi connectivity index (χ2v) is 11.0. The quantitative estimate of drug-likeness (QED) is 0.645. The molecular formula is C25H38NOP. The molecule has 2 nitrogen and oxygen atoms in total. The van der Waals surface area contributed by atoms with Crippen molar-refractivity contribution in [3.8, 4) is 5.75 Å². The molecule has 3 heteroatoms. The normalized spacial score (nSPS) is 12.8. The van der Waals surface area contributed by atoms with E-state index >= 15 is 0 Å². The van der Waals surface area contributed by atoms with Gasteiger partial charge in [-0.2, -0.15) is 0 Å². The zero-order valence-corrected chi connectivity index (χ0v) is 20.2. The Bertz CT molecular complexity index is 824. The monoisotopic (exact) mass is 399 g/mol. The van der Waals surface area contributed by atoms with Gasteiger partial charge in [-0.05, 0) is 54.9 Å². The lowest BCUT2D eigenvalue weighted by molar-refractivity contribution is 0.449. The van der Waals surface area contributed by atoms with E-state index in [1.807, 2.05) is 0 Å². The molecule has 0 spiro atoms. The van der Waals surface area contributed by atoms with E-state index in [-0.39, 0.29) is 10.8 Å². The largest absolute Gasteiger partial charge is 0.507 e. The maximum Gasteiger partial charge on any atom is 0.127 e. The van der Waals surface area contributed by atoms with E-state index in [9.17, 15) is 5.11 Å². The summed E-state index contributed by atoms with van der Waals surface area (Å²) in [5.41, 5.74) is 4.86. The summed E-state index contributed by atoms with van der Waals surface area (Å²) < 4.78 is 0. The van der Waals surface area contributed by atoms with E-state index in [0.717, 1.165) is 24.0 Å². The van der Waals surface area contributed by atoms with E-state index < -0.39 is 0 Å². The number of aromatic hydroxyl groups is 1. The van der Waals surface area contributed by atoms with Crippen LogP contribution in [0.4, 0.5) is 5.69 Å². The van der Waals surface area contributed by atoms with Crippen molar-refractivity contribution in [2.24, 2.45) is 0 Å². The smallest absolute Gasteiger partial charge is 0.127 e. The summed E-state index contributed by atoms with van der Waals surface area (Å²) in [5.74, 6) is 0.465. The first-order valence-corrected chi connectivity index (χ1v) is 11.4. The summed E-state index contributed by atoms with van der Waals surface area (Å²) in [6.07, 6.45) is 0. The van der Waals surface area contributed by atoms with Crippen molar-refractivity contribution in [1.29, 1.82) is 0 Å². The van der Waals surface area contributed by atoms with Crippen LogP contribution in [0, 0.1) is 6.92 Å². The topological polar surface area (TPSA) is 23.5 Å². The van der Waals surface area contributed by atoms with Crippen LogP contribution in [0.25, 0.3) is 0 Å². The van der Waals surface area contributed by atoms with E-state index in [1.54, 1.807) is 0 Å². The maximum absolute atomic E-state index is 11.2. The highest BCUT2D eigenvalue weighted by Gasteiger charge is 2.25. The van der Waals surface area contributed by atoms with Gasteiger partial charge in [0.25, 0.3) is 0 Å². The number of aryl methyl sites for hydroxylation is 1. The predicted molar refractivity (Wildman–Crippen MR) is 128 cm³/mol. The van der Waals surface area contributed by atoms with Gasteiger partial charge in [-0.15, -0.1) is 0 Å². The van der Waals surface area contributed by atoms with Crippen LogP contribution in [0.3, 0.4) is 0 Å². The van der Waals surface area contributed by atoms with Crippen molar-refractivity contribution >= 4 is 24.9 Å². The standard InChI is InChI=1S/C25H38NOP/c1-10-26(11-2)20-14-12-13-17(3)23(20)28-21-16-18(24(4,5)6)15-19(22(21)27)25(7,8)9/h12-16,27-28H,10-11H2,1-9H3. The average Bonchev–Trinajstić information content (AvgIpc) is 2.58. The molecule has 1 N–H and O–H groups in total. The Labute approximate surface area is 174 Å². The van der Waals surface area contributed by atoms with Crippen LogP contribution < -0.4 is 15.5 Å². The van der Waals surface area contributed by atoms with Crippen molar-refractivity contribution in [3.05, 3.63) is 47.0 Å². The summed E-state index contributed by atoms with van der Waals surface area (Å²) >= 11 is 0. The Morgan fingerprint density at radius 1 is 0.929 bits per heavy atom. The molecule has 28 heavy (non-hydrogen) atoms. The molecule has 0 saturated heterocycles. The van der Waals surface area contributed by atoms with Gasteiger partial charge in [-0.3, -0.25) is 0 Å². The van der Waals surface area contributed by atoms with Gasteiger partial charge < -0.3 is 10.0 Å². The van der Waals surface area contributed by atoms with Crippen LogP contribution in [0.5, 0.6) is 5.75 Å². The molecule has 0 aromatic heterocycles. The summed E-state index contributed by atoms with van der Waals surface area (Å²) in [5, 5.41) is 13.6. The first-order valence-electron chi connectivity index (χ1n) is 10.4. The molecule has 0 saturated carbocycles. The predicted octanol–water partition coefficient (Wildman–Crippen LogP) is 5.77. The van der Waals surface area contributed by atoms with Gasteiger partial charge in [0.2, 0.25) is 0 Å². The highest BCUT2D eigenvalue weighted by molar-refractivity contribution is 7.56. The Balaban J connectivity index is 2.68. The van der Waals surface area contributed by atoms with Crippen LogP contribution in [-0.2, 0) is 10.8 Å². The molecule has 154 valence electrons. The Hall–Kier alpha value is -1.53. The molecule has 0 fully saturated rings. The van der Waals surface area contributed by atoms with E-state index in [2.05, 4.69) is 97.5 Å². The minimum atomic E-state index is -0.0992. The van der Waals surface area contributed by atoms with Crippen LogP contribution in [0.15, 0.2) is 30.3 Å². The van der Waals surface area contributed by atoms with Gasteiger partial charge in [0.15, 0.2) is 0 Å². The molecule has 1 atom stereocenters. The minimum Gasteiger partial charge on any atom is -0.507 e. The van der Waals surface area contributed by atoms with Gasteiger partial charge in [0.1, 0.15) is 5.75 Å². The number of anilines is 1. The zero-order valence-electron chi connectivity index (χ0n) is 19.2. The molecule has 1 unspecified atom stereocenters. The Morgan fingerprint density at radius 3 is 2.04 bits per heavy atom. The summed E-state index contributed by atoms with van der Waals surface area (Å²) in [6.45, 7) is 21.8. The second kappa shape index (κ2) is 8.46. The third-order valence-electron chi connectivity index (χ3n) is 5.40. The van der Waals surface area contributed by atoms with Crippen molar-refractivity contribution in [1.82, 2.24) is 0 Å². The van der Waals surface area contributed by atoms with E-state index in [1.165, 1.54) is 22.1 Å². The first kappa shape index (κ1) is 22.8. The SMILES string of the molecule is CCN(CC)c1cccc(C)c1Pc1cc(C(C)(C)C)cc(C(C)(C)C)c1O. The van der Waals surface area contributed by atoms with E-state index in [0.29, 0.717) is 14.3 Å². The van der Waals surface area contributed by atoms with Crippen molar-refractivity contribution in [3.63, 3.8) is 0 Å². The number of hydrogen-bond acceptors (Lipinski definition) is 2. The fourth-order valence-electron chi connectivity index (χ4n) is 3.51. The maximum atomic E-state index is 11.2. The van der Waals surface area contributed by atoms with Crippen LogP contribution in [-0.4, -0.2) is 18.2 Å². The second-order valence-electron chi connectivity index (χ2n) is 9.69. The fourth-order valence-corrected chi connectivity index (χ4v) is 4.91. The minimum absolute atomic E-state index is 0.0420. The Morgan fingerprint density at radius 2 is 1.54 bits per heavy atom. The molecule has 0 aliphatic rings. The molecular weight excluding hydrogens is 361 g/mol. The van der Waals surface area contributed by atoms with Crippen molar-refractivity contribution in [2.45, 2.75) is 73.1 Å². The van der Waals surface area contributed by atoms with Gasteiger partial charge in [-0.1, -0.05) is 68.3 Å². The highest BCUT2D eigenvalue weighted by atomic mass is 31.1. The van der Waals surface area contributed by atoms with Crippen LogP contribution in [0.1, 0.15) is 72.1 Å². The Kier molecular flexibility index (Phi) is 6.87. The molecule has 0 bridgehead atoms. The summed E-state index contributed by atoms with van der Waals surface area (Å²) in [7, 11) is 0.431. The van der Waals surface area contributed by atoms with Crippen molar-refractivity contribution in [2.75, 3.05) is 18.0 Å². The van der Waals surface area contributed by atoms with Crippen LogP contribution >= 0.6 is 8.58 Å². The average molecular weight is 400 g/mol.